The molecule has 2 aromatic carbocycles. The largest absolute Gasteiger partial charge is 0.497 e. The van der Waals surface area contributed by atoms with Crippen molar-refractivity contribution in [2.75, 3.05) is 24.4 Å². The van der Waals surface area contributed by atoms with E-state index < -0.39 is 6.04 Å². The molecule has 1 N–H and O–H groups in total. The van der Waals surface area contributed by atoms with Crippen molar-refractivity contribution in [3.05, 3.63) is 47.5 Å². The van der Waals surface area contributed by atoms with E-state index in [9.17, 15) is 9.59 Å². The highest BCUT2D eigenvalue weighted by Gasteiger charge is 2.41. The smallest absolute Gasteiger partial charge is 0.256 e. The highest BCUT2D eigenvalue weighted by Crippen LogP contribution is 2.36. The highest BCUT2D eigenvalue weighted by molar-refractivity contribution is 6.23. The average molecular weight is 366 g/mol. The maximum Gasteiger partial charge on any atom is 0.256 e. The summed E-state index contributed by atoms with van der Waals surface area (Å²) in [6.45, 7) is 0. The van der Waals surface area contributed by atoms with Gasteiger partial charge in [0.05, 0.1) is 26.3 Å². The van der Waals surface area contributed by atoms with Gasteiger partial charge in [-0.15, -0.1) is 0 Å². The second-order valence-electron chi connectivity index (χ2n) is 6.84. The number of carbonyl (C=O) groups excluding carboxylic acids is 2. The molecule has 1 saturated heterocycles. The van der Waals surface area contributed by atoms with E-state index in [1.807, 2.05) is 6.07 Å². The van der Waals surface area contributed by atoms with Gasteiger partial charge in [-0.25, -0.2) is 4.90 Å². The molecule has 2 amide bonds. The topological polar surface area (TPSA) is 67.9 Å². The highest BCUT2D eigenvalue weighted by atomic mass is 16.5. The van der Waals surface area contributed by atoms with Crippen molar-refractivity contribution in [3.63, 3.8) is 0 Å². The number of amides is 2. The summed E-state index contributed by atoms with van der Waals surface area (Å²) in [5.74, 6) is 0.503. The first-order valence-corrected chi connectivity index (χ1v) is 9.08. The maximum atomic E-state index is 12.9. The molecule has 2 aliphatic rings. The fourth-order valence-electron chi connectivity index (χ4n) is 3.83. The summed E-state index contributed by atoms with van der Waals surface area (Å²) in [4.78, 5) is 26.7. The lowest BCUT2D eigenvalue weighted by atomic mass is 10.1. The lowest BCUT2D eigenvalue weighted by Crippen LogP contribution is -2.35. The van der Waals surface area contributed by atoms with Crippen LogP contribution in [0.1, 0.15) is 24.0 Å². The van der Waals surface area contributed by atoms with Crippen molar-refractivity contribution in [3.8, 4) is 11.5 Å². The van der Waals surface area contributed by atoms with E-state index in [0.29, 0.717) is 17.2 Å². The molecule has 0 bridgehead atoms. The molecule has 1 heterocycles. The molecule has 1 aliphatic heterocycles. The number of hydrogen-bond donors (Lipinski definition) is 1. The van der Waals surface area contributed by atoms with Crippen molar-refractivity contribution in [1.82, 2.24) is 0 Å². The van der Waals surface area contributed by atoms with Gasteiger partial charge in [-0.2, -0.15) is 0 Å². The molecule has 0 aromatic heterocycles. The molecular formula is C21H22N2O4. The molecule has 1 atom stereocenters. The standard InChI is InChI=1S/C21H22N2O4/c1-26-16-8-9-18(19(11-16)27-2)23-20(24)12-17(21(23)25)22-15-7-6-13-4-3-5-14(13)10-15/h6-11,17,22H,3-5,12H2,1-2H3. The Bertz CT molecular complexity index is 909. The summed E-state index contributed by atoms with van der Waals surface area (Å²) in [5, 5.41) is 3.23. The van der Waals surface area contributed by atoms with Gasteiger partial charge in [-0.3, -0.25) is 9.59 Å². The van der Waals surface area contributed by atoms with Gasteiger partial charge in [-0.1, -0.05) is 6.07 Å². The predicted octanol–water partition coefficient (Wildman–Crippen LogP) is 2.94. The van der Waals surface area contributed by atoms with Crippen LogP contribution < -0.4 is 19.7 Å². The third-order valence-electron chi connectivity index (χ3n) is 5.21. The lowest BCUT2D eigenvalue weighted by Gasteiger charge is -2.19. The summed E-state index contributed by atoms with van der Waals surface area (Å²) >= 11 is 0. The molecule has 1 aliphatic carbocycles. The molecule has 27 heavy (non-hydrogen) atoms. The summed E-state index contributed by atoms with van der Waals surface area (Å²) in [6, 6.07) is 10.6. The molecule has 1 unspecified atom stereocenters. The fraction of sp³-hybridized carbons (Fsp3) is 0.333. The Labute approximate surface area is 158 Å². The van der Waals surface area contributed by atoms with Gasteiger partial charge >= 0.3 is 0 Å². The van der Waals surface area contributed by atoms with Gasteiger partial charge in [0.1, 0.15) is 17.5 Å². The van der Waals surface area contributed by atoms with E-state index in [1.165, 1.54) is 29.6 Å². The Morgan fingerprint density at radius 2 is 1.81 bits per heavy atom. The SMILES string of the molecule is COc1ccc(N2C(=O)CC(Nc3ccc4c(c3)CCC4)C2=O)c(OC)c1. The molecule has 0 radical (unpaired) electrons. The molecule has 1 fully saturated rings. The number of carbonyl (C=O) groups is 2. The first kappa shape index (κ1) is 17.4. The maximum absolute atomic E-state index is 12.9. The summed E-state index contributed by atoms with van der Waals surface area (Å²) in [5.41, 5.74) is 4.02. The number of hydrogen-bond acceptors (Lipinski definition) is 5. The minimum Gasteiger partial charge on any atom is -0.497 e. The quantitative estimate of drug-likeness (QED) is 0.824. The van der Waals surface area contributed by atoms with Gasteiger partial charge in [0.15, 0.2) is 0 Å². The minimum absolute atomic E-state index is 0.116. The van der Waals surface area contributed by atoms with Crippen molar-refractivity contribution < 1.29 is 19.1 Å². The number of nitrogens with zero attached hydrogens (tertiary/aromatic N) is 1. The zero-order valence-electron chi connectivity index (χ0n) is 15.5. The minimum atomic E-state index is -0.580. The number of imide groups is 1. The van der Waals surface area contributed by atoms with Crippen molar-refractivity contribution >= 4 is 23.2 Å². The second kappa shape index (κ2) is 6.95. The molecule has 4 rings (SSSR count). The van der Waals surface area contributed by atoms with Crippen LogP contribution in [0.3, 0.4) is 0 Å². The number of rotatable bonds is 5. The summed E-state index contributed by atoms with van der Waals surface area (Å²) < 4.78 is 10.5. The summed E-state index contributed by atoms with van der Waals surface area (Å²) in [7, 11) is 3.06. The number of fused-ring (bicyclic) bond motifs is 1. The molecule has 0 spiro atoms. The molecule has 6 heteroatoms. The molecule has 140 valence electrons. The Hall–Kier alpha value is -3.02. The van der Waals surface area contributed by atoms with E-state index in [-0.39, 0.29) is 18.2 Å². The predicted molar refractivity (Wildman–Crippen MR) is 103 cm³/mol. The fourth-order valence-corrected chi connectivity index (χ4v) is 3.83. The number of anilines is 2. The summed E-state index contributed by atoms with van der Waals surface area (Å²) in [6.07, 6.45) is 3.47. The van der Waals surface area contributed by atoms with E-state index in [2.05, 4.69) is 17.4 Å². The normalized spacial score (nSPS) is 18.6. The number of ether oxygens (including phenoxy) is 2. The van der Waals surface area contributed by atoms with Crippen LogP contribution >= 0.6 is 0 Å². The van der Waals surface area contributed by atoms with Gasteiger partial charge < -0.3 is 14.8 Å². The molecule has 2 aromatic rings. The number of aryl methyl sites for hydroxylation is 2. The van der Waals surface area contributed by atoms with Crippen LogP contribution in [-0.2, 0) is 22.4 Å². The Morgan fingerprint density at radius 1 is 1.00 bits per heavy atom. The van der Waals surface area contributed by atoms with Crippen LogP contribution in [0.15, 0.2) is 36.4 Å². The zero-order valence-corrected chi connectivity index (χ0v) is 15.5. The van der Waals surface area contributed by atoms with Gasteiger partial charge in [0, 0.05) is 11.8 Å². The average Bonchev–Trinajstić information content (AvgIpc) is 3.25. The second-order valence-corrected chi connectivity index (χ2v) is 6.84. The Morgan fingerprint density at radius 3 is 2.59 bits per heavy atom. The van der Waals surface area contributed by atoms with E-state index in [4.69, 9.17) is 9.47 Å². The third-order valence-corrected chi connectivity index (χ3v) is 5.21. The van der Waals surface area contributed by atoms with Gasteiger partial charge in [-0.05, 0) is 54.7 Å². The van der Waals surface area contributed by atoms with E-state index in [0.717, 1.165) is 18.5 Å². The van der Waals surface area contributed by atoms with Crippen molar-refractivity contribution in [2.45, 2.75) is 31.7 Å². The monoisotopic (exact) mass is 366 g/mol. The zero-order chi connectivity index (χ0) is 19.0. The Balaban J connectivity index is 1.57. The van der Waals surface area contributed by atoms with Gasteiger partial charge in [0.25, 0.3) is 5.91 Å². The number of benzene rings is 2. The first-order valence-electron chi connectivity index (χ1n) is 9.08. The number of nitrogens with one attached hydrogen (secondary N) is 1. The Kier molecular flexibility index (Phi) is 4.48. The lowest BCUT2D eigenvalue weighted by molar-refractivity contribution is -0.121. The van der Waals surface area contributed by atoms with Gasteiger partial charge in [0.2, 0.25) is 5.91 Å². The first-order chi connectivity index (χ1) is 13.1. The molecular weight excluding hydrogens is 344 g/mol. The van der Waals surface area contributed by atoms with Crippen molar-refractivity contribution in [1.29, 1.82) is 0 Å². The van der Waals surface area contributed by atoms with Crippen LogP contribution in [0.4, 0.5) is 11.4 Å². The number of methoxy groups -OCH3 is 2. The van der Waals surface area contributed by atoms with Crippen LogP contribution in [0.25, 0.3) is 0 Å². The van der Waals surface area contributed by atoms with E-state index >= 15 is 0 Å². The van der Waals surface area contributed by atoms with Crippen LogP contribution in [0.5, 0.6) is 11.5 Å². The van der Waals surface area contributed by atoms with Crippen LogP contribution in [0.2, 0.25) is 0 Å². The van der Waals surface area contributed by atoms with Crippen LogP contribution in [-0.4, -0.2) is 32.1 Å². The molecule has 6 nitrogen and oxygen atoms in total. The van der Waals surface area contributed by atoms with E-state index in [1.54, 1.807) is 25.3 Å². The van der Waals surface area contributed by atoms with Crippen molar-refractivity contribution in [2.24, 2.45) is 0 Å². The molecule has 0 saturated carbocycles. The third kappa shape index (κ3) is 3.12. The van der Waals surface area contributed by atoms with Crippen LogP contribution in [0, 0.1) is 0 Å².